The fraction of sp³-hybridized carbons (Fsp3) is 0.368. The molecule has 0 radical (unpaired) electrons. The van der Waals surface area contributed by atoms with E-state index in [1.54, 1.807) is 13.0 Å². The average Bonchev–Trinajstić information content (AvgIpc) is 3.08. The maximum atomic E-state index is 12.3. The molecule has 2 heterocycles. The summed E-state index contributed by atoms with van der Waals surface area (Å²) in [5, 5.41) is 2.95. The third-order valence-electron chi connectivity index (χ3n) is 4.35. The molecule has 1 aliphatic heterocycles. The lowest BCUT2D eigenvalue weighted by Crippen LogP contribution is -2.37. The van der Waals surface area contributed by atoms with Crippen molar-refractivity contribution in [3.05, 3.63) is 59.0 Å². The Labute approximate surface area is 141 Å². The lowest BCUT2D eigenvalue weighted by atomic mass is 10.1. The third kappa shape index (κ3) is 3.67. The highest BCUT2D eigenvalue weighted by Gasteiger charge is 2.31. The quantitative estimate of drug-likeness (QED) is 0.918. The summed E-state index contributed by atoms with van der Waals surface area (Å²) in [4.78, 5) is 26.3. The SMILES string of the molecule is Cc1cc(C(=O)NC2CC(=O)N(CCc3ccccc3)C2)c(C)o1. The largest absolute Gasteiger partial charge is 0.466 e. The van der Waals surface area contributed by atoms with Gasteiger partial charge in [-0.05, 0) is 31.9 Å². The number of carbonyl (C=O) groups excluding carboxylic acids is 2. The van der Waals surface area contributed by atoms with E-state index in [0.717, 1.165) is 6.42 Å². The van der Waals surface area contributed by atoms with Crippen molar-refractivity contribution in [3.8, 4) is 0 Å². The number of likely N-dealkylation sites (tertiary alicyclic amines) is 1. The molecule has 5 heteroatoms. The van der Waals surface area contributed by atoms with Gasteiger partial charge in [0.15, 0.2) is 0 Å². The molecule has 1 fully saturated rings. The van der Waals surface area contributed by atoms with E-state index in [0.29, 0.717) is 36.6 Å². The number of aryl methyl sites for hydroxylation is 2. The van der Waals surface area contributed by atoms with Crippen molar-refractivity contribution in [3.63, 3.8) is 0 Å². The van der Waals surface area contributed by atoms with Crippen molar-refractivity contribution in [2.45, 2.75) is 32.7 Å². The Morgan fingerprint density at radius 1 is 1.29 bits per heavy atom. The predicted molar refractivity (Wildman–Crippen MR) is 90.8 cm³/mol. The van der Waals surface area contributed by atoms with Gasteiger partial charge in [0.25, 0.3) is 5.91 Å². The van der Waals surface area contributed by atoms with Crippen LogP contribution in [0.4, 0.5) is 0 Å². The number of hydrogen-bond acceptors (Lipinski definition) is 3. The van der Waals surface area contributed by atoms with Crippen LogP contribution in [0.1, 0.15) is 33.9 Å². The van der Waals surface area contributed by atoms with Crippen molar-refractivity contribution in [1.29, 1.82) is 0 Å². The van der Waals surface area contributed by atoms with Gasteiger partial charge in [0.05, 0.1) is 11.6 Å². The Balaban J connectivity index is 1.54. The lowest BCUT2D eigenvalue weighted by molar-refractivity contribution is -0.127. The lowest BCUT2D eigenvalue weighted by Gasteiger charge is -2.17. The zero-order chi connectivity index (χ0) is 17.1. The molecule has 3 rings (SSSR count). The van der Waals surface area contributed by atoms with Crippen LogP contribution in [0, 0.1) is 13.8 Å². The van der Waals surface area contributed by atoms with Gasteiger partial charge in [-0.3, -0.25) is 9.59 Å². The number of hydrogen-bond donors (Lipinski definition) is 1. The van der Waals surface area contributed by atoms with Crippen LogP contribution in [0.3, 0.4) is 0 Å². The van der Waals surface area contributed by atoms with Crippen LogP contribution in [-0.4, -0.2) is 35.8 Å². The smallest absolute Gasteiger partial charge is 0.255 e. The Hall–Kier alpha value is -2.56. The standard InChI is InChI=1S/C19H22N2O3/c1-13-10-17(14(2)24-13)19(23)20-16-11-18(22)21(12-16)9-8-15-6-4-3-5-7-15/h3-7,10,16H,8-9,11-12H2,1-2H3,(H,20,23). The van der Waals surface area contributed by atoms with Crippen molar-refractivity contribution < 1.29 is 14.0 Å². The van der Waals surface area contributed by atoms with Crippen LogP contribution in [0.5, 0.6) is 0 Å². The zero-order valence-corrected chi connectivity index (χ0v) is 14.0. The van der Waals surface area contributed by atoms with Crippen LogP contribution in [-0.2, 0) is 11.2 Å². The summed E-state index contributed by atoms with van der Waals surface area (Å²) in [6, 6.07) is 11.7. The van der Waals surface area contributed by atoms with Gasteiger partial charge in [-0.25, -0.2) is 0 Å². The van der Waals surface area contributed by atoms with Crippen molar-refractivity contribution in [1.82, 2.24) is 10.2 Å². The van der Waals surface area contributed by atoms with Gasteiger partial charge in [-0.1, -0.05) is 30.3 Å². The molecular formula is C19H22N2O3. The first kappa shape index (κ1) is 16.3. The summed E-state index contributed by atoms with van der Waals surface area (Å²) in [5.74, 6) is 1.24. The summed E-state index contributed by atoms with van der Waals surface area (Å²) in [5.41, 5.74) is 1.75. The molecule has 0 aliphatic carbocycles. The minimum Gasteiger partial charge on any atom is -0.466 e. The number of benzene rings is 1. The van der Waals surface area contributed by atoms with Gasteiger partial charge >= 0.3 is 0 Å². The molecule has 1 aromatic heterocycles. The van der Waals surface area contributed by atoms with Gasteiger partial charge in [-0.2, -0.15) is 0 Å². The molecule has 0 spiro atoms. The summed E-state index contributed by atoms with van der Waals surface area (Å²) in [6.45, 7) is 4.83. The first-order chi connectivity index (χ1) is 11.5. The Bertz CT molecular complexity index is 736. The summed E-state index contributed by atoms with van der Waals surface area (Å²) in [6.07, 6.45) is 1.18. The predicted octanol–water partition coefficient (Wildman–Crippen LogP) is 2.47. The van der Waals surface area contributed by atoms with Gasteiger partial charge in [0, 0.05) is 19.5 Å². The normalized spacial score (nSPS) is 17.3. The second-order valence-corrected chi connectivity index (χ2v) is 6.28. The van der Waals surface area contributed by atoms with E-state index in [1.807, 2.05) is 30.0 Å². The molecule has 1 N–H and O–H groups in total. The van der Waals surface area contributed by atoms with Crippen molar-refractivity contribution >= 4 is 11.8 Å². The van der Waals surface area contributed by atoms with Crippen LogP contribution >= 0.6 is 0 Å². The second kappa shape index (κ2) is 6.91. The molecule has 1 aromatic carbocycles. The first-order valence-electron chi connectivity index (χ1n) is 8.22. The Morgan fingerprint density at radius 2 is 2.04 bits per heavy atom. The molecule has 1 aliphatic rings. The molecule has 1 atom stereocenters. The maximum Gasteiger partial charge on any atom is 0.255 e. The number of carbonyl (C=O) groups is 2. The molecule has 24 heavy (non-hydrogen) atoms. The minimum atomic E-state index is -0.174. The number of nitrogens with zero attached hydrogens (tertiary/aromatic N) is 1. The molecule has 0 bridgehead atoms. The van der Waals surface area contributed by atoms with Gasteiger partial charge in [0.1, 0.15) is 11.5 Å². The molecule has 2 amide bonds. The van der Waals surface area contributed by atoms with E-state index < -0.39 is 0 Å². The minimum absolute atomic E-state index is 0.0938. The van der Waals surface area contributed by atoms with E-state index in [2.05, 4.69) is 17.4 Å². The van der Waals surface area contributed by atoms with E-state index in [-0.39, 0.29) is 17.9 Å². The van der Waals surface area contributed by atoms with E-state index in [1.165, 1.54) is 5.56 Å². The van der Waals surface area contributed by atoms with E-state index >= 15 is 0 Å². The molecule has 0 saturated carbocycles. The van der Waals surface area contributed by atoms with Gasteiger partial charge in [-0.15, -0.1) is 0 Å². The second-order valence-electron chi connectivity index (χ2n) is 6.28. The zero-order valence-electron chi connectivity index (χ0n) is 14.0. The molecule has 2 aromatic rings. The molecule has 1 saturated heterocycles. The molecular weight excluding hydrogens is 304 g/mol. The van der Waals surface area contributed by atoms with Crippen LogP contribution in [0.25, 0.3) is 0 Å². The fourth-order valence-corrected chi connectivity index (χ4v) is 3.11. The van der Waals surface area contributed by atoms with Crippen molar-refractivity contribution in [2.24, 2.45) is 0 Å². The van der Waals surface area contributed by atoms with Crippen LogP contribution in [0.15, 0.2) is 40.8 Å². The van der Waals surface area contributed by atoms with Gasteiger partial charge < -0.3 is 14.6 Å². The number of rotatable bonds is 5. The summed E-state index contributed by atoms with van der Waals surface area (Å²) < 4.78 is 5.39. The number of amides is 2. The summed E-state index contributed by atoms with van der Waals surface area (Å²) in [7, 11) is 0. The Kier molecular flexibility index (Phi) is 4.69. The van der Waals surface area contributed by atoms with E-state index in [9.17, 15) is 9.59 Å². The number of furan rings is 1. The Morgan fingerprint density at radius 3 is 2.71 bits per heavy atom. The topological polar surface area (TPSA) is 62.6 Å². The van der Waals surface area contributed by atoms with Crippen LogP contribution < -0.4 is 5.32 Å². The maximum absolute atomic E-state index is 12.3. The highest BCUT2D eigenvalue weighted by atomic mass is 16.3. The monoisotopic (exact) mass is 326 g/mol. The summed E-state index contributed by atoms with van der Waals surface area (Å²) >= 11 is 0. The highest BCUT2D eigenvalue weighted by molar-refractivity contribution is 5.96. The molecule has 5 nitrogen and oxygen atoms in total. The fourth-order valence-electron chi connectivity index (χ4n) is 3.11. The third-order valence-corrected chi connectivity index (χ3v) is 4.35. The highest BCUT2D eigenvalue weighted by Crippen LogP contribution is 2.16. The number of nitrogens with one attached hydrogen (secondary N) is 1. The van der Waals surface area contributed by atoms with Crippen LogP contribution in [0.2, 0.25) is 0 Å². The molecule has 126 valence electrons. The van der Waals surface area contributed by atoms with Crippen molar-refractivity contribution in [2.75, 3.05) is 13.1 Å². The van der Waals surface area contributed by atoms with E-state index in [4.69, 9.17) is 4.42 Å². The van der Waals surface area contributed by atoms with Gasteiger partial charge in [0.2, 0.25) is 5.91 Å². The molecule has 1 unspecified atom stereocenters. The first-order valence-corrected chi connectivity index (χ1v) is 8.22. The average molecular weight is 326 g/mol.